The van der Waals surface area contributed by atoms with E-state index < -0.39 is 0 Å². The maximum Gasteiger partial charge on any atom is 0.278 e. The van der Waals surface area contributed by atoms with Crippen molar-refractivity contribution in [3.05, 3.63) is 70.0 Å². The molecular formula is C20H20BrN5O2. The van der Waals surface area contributed by atoms with E-state index in [1.165, 1.54) is 4.68 Å². The van der Waals surface area contributed by atoms with Crippen molar-refractivity contribution in [2.45, 2.75) is 26.8 Å². The molecule has 0 atom stereocenters. The minimum atomic E-state index is -0.351. The topological polar surface area (TPSA) is 88.9 Å². The minimum absolute atomic E-state index is 0.0427. The van der Waals surface area contributed by atoms with Gasteiger partial charge in [-0.1, -0.05) is 42.5 Å². The van der Waals surface area contributed by atoms with Crippen LogP contribution >= 0.6 is 15.9 Å². The largest absolute Gasteiger partial charge is 0.323 e. The molecule has 28 heavy (non-hydrogen) atoms. The number of para-hydroxylation sites is 2. The Hall–Kier alpha value is -3.00. The summed E-state index contributed by atoms with van der Waals surface area (Å²) in [6, 6.07) is 14.9. The van der Waals surface area contributed by atoms with E-state index in [4.69, 9.17) is 0 Å². The number of nitrogens with zero attached hydrogens (tertiary/aromatic N) is 3. The molecular weight excluding hydrogens is 422 g/mol. The van der Waals surface area contributed by atoms with Gasteiger partial charge in [-0.15, -0.1) is 5.10 Å². The third-order valence-corrected chi connectivity index (χ3v) is 4.98. The van der Waals surface area contributed by atoms with E-state index in [1.54, 1.807) is 13.0 Å². The number of hydrogen-bond donors (Lipinski definition) is 2. The monoisotopic (exact) mass is 441 g/mol. The molecule has 0 spiro atoms. The summed E-state index contributed by atoms with van der Waals surface area (Å²) in [4.78, 5) is 24.9. The Kier molecular flexibility index (Phi) is 6.20. The van der Waals surface area contributed by atoms with E-state index in [9.17, 15) is 9.59 Å². The van der Waals surface area contributed by atoms with Crippen molar-refractivity contribution in [2.75, 3.05) is 10.6 Å². The van der Waals surface area contributed by atoms with E-state index in [2.05, 4.69) is 36.9 Å². The summed E-state index contributed by atoms with van der Waals surface area (Å²) in [5, 5.41) is 13.6. The lowest BCUT2D eigenvalue weighted by atomic mass is 10.1. The summed E-state index contributed by atoms with van der Waals surface area (Å²) in [6.45, 7) is 3.70. The molecule has 1 heterocycles. The second-order valence-corrected chi connectivity index (χ2v) is 7.03. The first-order valence-electron chi connectivity index (χ1n) is 8.83. The minimum Gasteiger partial charge on any atom is -0.323 e. The summed E-state index contributed by atoms with van der Waals surface area (Å²) < 4.78 is 2.20. The van der Waals surface area contributed by atoms with Gasteiger partial charge in [0.15, 0.2) is 5.69 Å². The van der Waals surface area contributed by atoms with Gasteiger partial charge in [0.05, 0.1) is 11.4 Å². The predicted octanol–water partition coefficient (Wildman–Crippen LogP) is 3.80. The van der Waals surface area contributed by atoms with E-state index in [0.717, 1.165) is 22.1 Å². The third-order valence-electron chi connectivity index (χ3n) is 4.29. The first kappa shape index (κ1) is 19.8. The van der Waals surface area contributed by atoms with Gasteiger partial charge in [0.2, 0.25) is 5.91 Å². The van der Waals surface area contributed by atoms with Crippen molar-refractivity contribution in [2.24, 2.45) is 0 Å². The molecule has 2 aromatic carbocycles. The van der Waals surface area contributed by atoms with Crippen LogP contribution in [-0.2, 0) is 17.8 Å². The van der Waals surface area contributed by atoms with Crippen LogP contribution in [0.25, 0.3) is 0 Å². The normalized spacial score (nSPS) is 10.5. The van der Waals surface area contributed by atoms with Crippen molar-refractivity contribution in [3.63, 3.8) is 0 Å². The van der Waals surface area contributed by atoms with Gasteiger partial charge < -0.3 is 10.6 Å². The van der Waals surface area contributed by atoms with Gasteiger partial charge in [0, 0.05) is 10.2 Å². The molecule has 0 saturated carbocycles. The highest BCUT2D eigenvalue weighted by Crippen LogP contribution is 2.21. The second-order valence-electron chi connectivity index (χ2n) is 6.17. The average molecular weight is 442 g/mol. The SMILES string of the molecule is CCc1ccccc1NC(=O)c1nnn(CC(=O)Nc2ccccc2Br)c1C. The number of benzene rings is 2. The maximum absolute atomic E-state index is 12.6. The fourth-order valence-electron chi connectivity index (χ4n) is 2.74. The summed E-state index contributed by atoms with van der Waals surface area (Å²) in [7, 11) is 0. The zero-order valence-electron chi connectivity index (χ0n) is 15.6. The molecule has 0 unspecified atom stereocenters. The fourth-order valence-corrected chi connectivity index (χ4v) is 3.12. The molecule has 0 aliphatic rings. The lowest BCUT2D eigenvalue weighted by Gasteiger charge is -2.09. The summed E-state index contributed by atoms with van der Waals surface area (Å²) >= 11 is 3.39. The number of carbonyl (C=O) groups is 2. The summed E-state index contributed by atoms with van der Waals surface area (Å²) in [6.07, 6.45) is 0.803. The Labute approximate surface area is 171 Å². The molecule has 2 amide bonds. The summed E-state index contributed by atoms with van der Waals surface area (Å²) in [5.41, 5.74) is 3.16. The lowest BCUT2D eigenvalue weighted by Crippen LogP contribution is -2.21. The number of anilines is 2. The van der Waals surface area contributed by atoms with Crippen LogP contribution in [0.4, 0.5) is 11.4 Å². The molecule has 0 aliphatic heterocycles. The quantitative estimate of drug-likeness (QED) is 0.608. The van der Waals surface area contributed by atoms with Gasteiger partial charge in [0.25, 0.3) is 5.91 Å². The van der Waals surface area contributed by atoms with Crippen molar-refractivity contribution >= 4 is 39.1 Å². The second kappa shape index (κ2) is 8.79. The van der Waals surface area contributed by atoms with Gasteiger partial charge in [-0.25, -0.2) is 4.68 Å². The highest BCUT2D eigenvalue weighted by atomic mass is 79.9. The summed E-state index contributed by atoms with van der Waals surface area (Å²) in [5.74, 6) is -0.612. The van der Waals surface area contributed by atoms with Crippen LogP contribution in [0.15, 0.2) is 53.0 Å². The number of nitrogens with one attached hydrogen (secondary N) is 2. The first-order chi connectivity index (χ1) is 13.5. The Morgan fingerprint density at radius 3 is 2.43 bits per heavy atom. The van der Waals surface area contributed by atoms with Crippen LogP contribution in [-0.4, -0.2) is 26.8 Å². The van der Waals surface area contributed by atoms with Crippen LogP contribution in [0.2, 0.25) is 0 Å². The van der Waals surface area contributed by atoms with Crippen molar-refractivity contribution in [3.8, 4) is 0 Å². The van der Waals surface area contributed by atoms with Gasteiger partial charge >= 0.3 is 0 Å². The van der Waals surface area contributed by atoms with E-state index in [1.807, 2.05) is 49.4 Å². The van der Waals surface area contributed by atoms with Crippen LogP contribution in [0.5, 0.6) is 0 Å². The van der Waals surface area contributed by atoms with Crippen LogP contribution in [0, 0.1) is 6.92 Å². The number of halogens is 1. The smallest absolute Gasteiger partial charge is 0.278 e. The van der Waals surface area contributed by atoms with Crippen LogP contribution in [0.3, 0.4) is 0 Å². The molecule has 0 fully saturated rings. The lowest BCUT2D eigenvalue weighted by molar-refractivity contribution is -0.117. The molecule has 0 radical (unpaired) electrons. The number of aromatic nitrogens is 3. The van der Waals surface area contributed by atoms with Crippen LogP contribution < -0.4 is 10.6 Å². The van der Waals surface area contributed by atoms with Crippen LogP contribution in [0.1, 0.15) is 28.7 Å². The molecule has 2 N–H and O–H groups in total. The standard InChI is InChI=1S/C20H20BrN5O2/c1-3-14-8-4-6-10-16(14)23-20(28)19-13(2)26(25-24-19)12-18(27)22-17-11-7-5-9-15(17)21/h4-11H,3,12H2,1-2H3,(H,22,27)(H,23,28). The van der Waals surface area contributed by atoms with E-state index in [-0.39, 0.29) is 24.1 Å². The van der Waals surface area contributed by atoms with E-state index in [0.29, 0.717) is 11.4 Å². The Morgan fingerprint density at radius 2 is 1.71 bits per heavy atom. The molecule has 8 heteroatoms. The van der Waals surface area contributed by atoms with Crippen molar-refractivity contribution in [1.29, 1.82) is 0 Å². The molecule has 3 aromatic rings. The first-order valence-corrected chi connectivity index (χ1v) is 9.62. The molecule has 0 saturated heterocycles. The van der Waals surface area contributed by atoms with Crippen molar-refractivity contribution in [1.82, 2.24) is 15.0 Å². The molecule has 7 nitrogen and oxygen atoms in total. The van der Waals surface area contributed by atoms with Crippen molar-refractivity contribution < 1.29 is 9.59 Å². The van der Waals surface area contributed by atoms with Gasteiger partial charge in [0.1, 0.15) is 6.54 Å². The molecule has 0 bridgehead atoms. The highest BCUT2D eigenvalue weighted by Gasteiger charge is 2.19. The number of amides is 2. The number of carbonyl (C=O) groups excluding carboxylic acids is 2. The highest BCUT2D eigenvalue weighted by molar-refractivity contribution is 9.10. The predicted molar refractivity (Wildman–Crippen MR) is 111 cm³/mol. The molecule has 0 aliphatic carbocycles. The number of rotatable bonds is 6. The average Bonchev–Trinajstić information content (AvgIpc) is 3.04. The van der Waals surface area contributed by atoms with Gasteiger partial charge in [-0.2, -0.15) is 0 Å². The fraction of sp³-hybridized carbons (Fsp3) is 0.200. The molecule has 1 aromatic heterocycles. The molecule has 3 rings (SSSR count). The van der Waals surface area contributed by atoms with E-state index >= 15 is 0 Å². The zero-order chi connectivity index (χ0) is 20.1. The Morgan fingerprint density at radius 1 is 1.04 bits per heavy atom. The van der Waals surface area contributed by atoms with Gasteiger partial charge in [-0.05, 0) is 53.0 Å². The third kappa shape index (κ3) is 4.45. The Bertz CT molecular complexity index is 1020. The number of hydrogen-bond acceptors (Lipinski definition) is 4. The zero-order valence-corrected chi connectivity index (χ0v) is 17.2. The van der Waals surface area contributed by atoms with Gasteiger partial charge in [-0.3, -0.25) is 9.59 Å². The Balaban J connectivity index is 1.70. The maximum atomic E-state index is 12.6. The number of aryl methyl sites for hydroxylation is 1. The molecule has 144 valence electrons.